The fourth-order valence-electron chi connectivity index (χ4n) is 3.67. The Kier molecular flexibility index (Phi) is 5.79. The van der Waals surface area contributed by atoms with Crippen LogP contribution >= 0.6 is 0 Å². The van der Waals surface area contributed by atoms with Gasteiger partial charge in [0, 0.05) is 26.2 Å². The highest BCUT2D eigenvalue weighted by Crippen LogP contribution is 2.36. The molecular formula is C18H24F3N3O3S. The summed E-state index contributed by atoms with van der Waals surface area (Å²) in [7, 11) is -1.60. The monoisotopic (exact) mass is 419 g/mol. The van der Waals surface area contributed by atoms with Crippen LogP contribution in [0, 0.1) is 0 Å². The van der Waals surface area contributed by atoms with Gasteiger partial charge < -0.3 is 15.1 Å². The lowest BCUT2D eigenvalue weighted by molar-refractivity contribution is -0.137. The van der Waals surface area contributed by atoms with E-state index in [4.69, 9.17) is 0 Å². The van der Waals surface area contributed by atoms with E-state index in [1.54, 1.807) is 0 Å². The van der Waals surface area contributed by atoms with Crippen molar-refractivity contribution in [3.05, 3.63) is 23.8 Å². The van der Waals surface area contributed by atoms with Gasteiger partial charge in [0.15, 0.2) is 9.84 Å². The van der Waals surface area contributed by atoms with E-state index in [1.807, 2.05) is 4.90 Å². The maximum Gasteiger partial charge on any atom is 0.416 e. The van der Waals surface area contributed by atoms with Gasteiger partial charge in [0.2, 0.25) is 5.91 Å². The summed E-state index contributed by atoms with van der Waals surface area (Å²) in [5, 5.41) is 2.85. The number of carbonyl (C=O) groups is 1. The topological polar surface area (TPSA) is 69.7 Å². The Morgan fingerprint density at radius 3 is 2.54 bits per heavy atom. The van der Waals surface area contributed by atoms with Crippen molar-refractivity contribution in [1.82, 2.24) is 4.90 Å². The third kappa shape index (κ3) is 4.71. The molecule has 156 valence electrons. The maximum atomic E-state index is 13.1. The van der Waals surface area contributed by atoms with Crippen molar-refractivity contribution >= 4 is 27.1 Å². The number of hydrogen-bond acceptors (Lipinski definition) is 5. The summed E-state index contributed by atoms with van der Waals surface area (Å²) in [6.07, 6.45) is -2.15. The van der Waals surface area contributed by atoms with Crippen molar-refractivity contribution in [1.29, 1.82) is 0 Å². The highest BCUT2D eigenvalue weighted by atomic mass is 32.2. The van der Waals surface area contributed by atoms with E-state index in [9.17, 15) is 26.4 Å². The van der Waals surface area contributed by atoms with Crippen molar-refractivity contribution in [2.24, 2.45) is 0 Å². The lowest BCUT2D eigenvalue weighted by atomic mass is 10.1. The molecule has 0 aliphatic carbocycles. The number of amides is 1. The SMILES string of the molecule is CN(C(=O)CNc1cc(C(F)(F)F)ccc1N1CCCC1)[C@@H]1CCS(=O)(=O)C1. The van der Waals surface area contributed by atoms with Crippen molar-refractivity contribution in [3.63, 3.8) is 0 Å². The fourth-order valence-corrected chi connectivity index (χ4v) is 5.44. The van der Waals surface area contributed by atoms with Crippen LogP contribution < -0.4 is 10.2 Å². The molecule has 2 aliphatic heterocycles. The zero-order valence-corrected chi connectivity index (χ0v) is 16.4. The molecule has 6 nitrogen and oxygen atoms in total. The predicted octanol–water partition coefficient (Wildman–Crippen LogP) is 2.36. The van der Waals surface area contributed by atoms with Gasteiger partial charge in [-0.25, -0.2) is 8.42 Å². The molecule has 1 amide bonds. The van der Waals surface area contributed by atoms with Gasteiger partial charge in [-0.15, -0.1) is 0 Å². The number of rotatable bonds is 5. The van der Waals surface area contributed by atoms with Crippen LogP contribution in [0.5, 0.6) is 0 Å². The first-order valence-corrected chi connectivity index (χ1v) is 11.0. The second kappa shape index (κ2) is 7.81. The number of carbonyl (C=O) groups excluding carboxylic acids is 1. The molecule has 0 spiro atoms. The largest absolute Gasteiger partial charge is 0.416 e. The van der Waals surface area contributed by atoms with Gasteiger partial charge in [-0.05, 0) is 37.5 Å². The van der Waals surface area contributed by atoms with E-state index in [2.05, 4.69) is 5.32 Å². The molecule has 1 atom stereocenters. The third-order valence-electron chi connectivity index (χ3n) is 5.35. The van der Waals surface area contributed by atoms with Crippen molar-refractivity contribution in [2.75, 3.05) is 48.4 Å². The zero-order valence-electron chi connectivity index (χ0n) is 15.6. The minimum atomic E-state index is -4.47. The molecule has 0 saturated carbocycles. The molecule has 1 N–H and O–H groups in total. The van der Waals surface area contributed by atoms with E-state index < -0.39 is 21.6 Å². The summed E-state index contributed by atoms with van der Waals surface area (Å²) < 4.78 is 62.5. The normalized spacial score (nSPS) is 21.7. The Bertz CT molecular complexity index is 836. The van der Waals surface area contributed by atoms with Crippen LogP contribution in [-0.4, -0.2) is 63.5 Å². The number of halogens is 3. The van der Waals surface area contributed by atoms with Crippen LogP contribution in [-0.2, 0) is 20.8 Å². The third-order valence-corrected chi connectivity index (χ3v) is 7.10. The number of nitrogens with zero attached hydrogens (tertiary/aromatic N) is 2. The summed E-state index contributed by atoms with van der Waals surface area (Å²) >= 11 is 0. The molecule has 28 heavy (non-hydrogen) atoms. The molecule has 0 bridgehead atoms. The van der Waals surface area contributed by atoms with Gasteiger partial charge >= 0.3 is 6.18 Å². The lowest BCUT2D eigenvalue weighted by Crippen LogP contribution is -2.41. The molecular weight excluding hydrogens is 395 g/mol. The smallest absolute Gasteiger partial charge is 0.374 e. The van der Waals surface area contributed by atoms with Crippen molar-refractivity contribution in [3.8, 4) is 0 Å². The van der Waals surface area contributed by atoms with E-state index >= 15 is 0 Å². The Morgan fingerprint density at radius 1 is 1.29 bits per heavy atom. The highest BCUT2D eigenvalue weighted by Gasteiger charge is 2.33. The van der Waals surface area contributed by atoms with E-state index in [0.29, 0.717) is 12.1 Å². The average molecular weight is 419 g/mol. The van der Waals surface area contributed by atoms with E-state index in [0.717, 1.165) is 38.1 Å². The quantitative estimate of drug-likeness (QED) is 0.794. The van der Waals surface area contributed by atoms with Crippen LogP contribution in [0.25, 0.3) is 0 Å². The van der Waals surface area contributed by atoms with Gasteiger partial charge in [0.1, 0.15) is 0 Å². The first-order valence-electron chi connectivity index (χ1n) is 9.23. The molecule has 10 heteroatoms. The van der Waals surface area contributed by atoms with Crippen LogP contribution in [0.4, 0.5) is 24.5 Å². The van der Waals surface area contributed by atoms with Crippen LogP contribution in [0.2, 0.25) is 0 Å². The molecule has 3 rings (SSSR count). The van der Waals surface area contributed by atoms with Crippen molar-refractivity contribution in [2.45, 2.75) is 31.5 Å². The van der Waals surface area contributed by atoms with Crippen LogP contribution in [0.3, 0.4) is 0 Å². The first-order chi connectivity index (χ1) is 13.1. The van der Waals surface area contributed by atoms with Gasteiger partial charge in [0.05, 0.1) is 35.0 Å². The molecule has 0 unspecified atom stereocenters. The maximum absolute atomic E-state index is 13.1. The van der Waals surface area contributed by atoms with Gasteiger partial charge in [0.25, 0.3) is 0 Å². The summed E-state index contributed by atoms with van der Waals surface area (Å²) in [4.78, 5) is 15.8. The summed E-state index contributed by atoms with van der Waals surface area (Å²) in [6.45, 7) is 1.32. The summed E-state index contributed by atoms with van der Waals surface area (Å²) in [5.74, 6) is -0.375. The number of alkyl halides is 3. The van der Waals surface area contributed by atoms with Gasteiger partial charge in [-0.2, -0.15) is 13.2 Å². The lowest BCUT2D eigenvalue weighted by Gasteiger charge is -2.26. The zero-order chi connectivity index (χ0) is 20.5. The number of anilines is 2. The van der Waals surface area contributed by atoms with E-state index in [1.165, 1.54) is 18.0 Å². The summed E-state index contributed by atoms with van der Waals surface area (Å²) in [6, 6.07) is 3.13. The van der Waals surface area contributed by atoms with Gasteiger partial charge in [-0.1, -0.05) is 0 Å². The van der Waals surface area contributed by atoms with Crippen molar-refractivity contribution < 1.29 is 26.4 Å². The highest BCUT2D eigenvalue weighted by molar-refractivity contribution is 7.91. The number of sulfone groups is 1. The fraction of sp³-hybridized carbons (Fsp3) is 0.611. The molecule has 2 fully saturated rings. The first kappa shape index (κ1) is 20.8. The van der Waals surface area contributed by atoms with E-state index in [-0.39, 0.29) is 35.7 Å². The average Bonchev–Trinajstić information content (AvgIpc) is 3.27. The van der Waals surface area contributed by atoms with Crippen LogP contribution in [0.15, 0.2) is 18.2 Å². The molecule has 2 saturated heterocycles. The Morgan fingerprint density at radius 2 is 1.96 bits per heavy atom. The predicted molar refractivity (Wildman–Crippen MR) is 101 cm³/mol. The second-order valence-corrected chi connectivity index (χ2v) is 9.57. The molecule has 1 aromatic carbocycles. The molecule has 1 aromatic rings. The minimum Gasteiger partial charge on any atom is -0.374 e. The van der Waals surface area contributed by atoms with Gasteiger partial charge in [-0.3, -0.25) is 4.79 Å². The number of nitrogens with one attached hydrogen (secondary N) is 1. The Hall–Kier alpha value is -1.97. The number of benzene rings is 1. The molecule has 2 heterocycles. The standard InChI is InChI=1S/C18H24F3N3O3S/c1-23(14-6-9-28(26,27)12-14)17(25)11-22-15-10-13(18(19,20)21)4-5-16(15)24-7-2-3-8-24/h4-5,10,14,22H,2-3,6-9,11-12H2,1H3/t14-/m1/s1. The molecule has 0 aromatic heterocycles. The number of hydrogen-bond donors (Lipinski definition) is 1. The summed E-state index contributed by atoms with van der Waals surface area (Å²) in [5.41, 5.74) is 0.127. The Balaban J connectivity index is 1.73. The Labute approximate surface area is 162 Å². The number of likely N-dealkylation sites (N-methyl/N-ethyl adjacent to an activating group) is 1. The second-order valence-electron chi connectivity index (χ2n) is 7.34. The molecule has 2 aliphatic rings. The van der Waals surface area contributed by atoms with Crippen LogP contribution in [0.1, 0.15) is 24.8 Å². The minimum absolute atomic E-state index is 0.0510. The molecule has 0 radical (unpaired) electrons.